The van der Waals surface area contributed by atoms with E-state index >= 15 is 0 Å². The van der Waals surface area contributed by atoms with Gasteiger partial charge in [-0.3, -0.25) is 9.59 Å². The highest BCUT2D eigenvalue weighted by Gasteiger charge is 2.39. The lowest BCUT2D eigenvalue weighted by atomic mass is 9.89. The average molecular weight is 384 g/mol. The molecule has 2 rings (SSSR count). The molecule has 0 atom stereocenters. The van der Waals surface area contributed by atoms with Gasteiger partial charge >= 0.3 is 0 Å². The van der Waals surface area contributed by atoms with Crippen molar-refractivity contribution in [2.75, 3.05) is 31.0 Å². The Labute approximate surface area is 166 Å². The second kappa shape index (κ2) is 8.78. The van der Waals surface area contributed by atoms with Gasteiger partial charge in [0.25, 0.3) is 0 Å². The summed E-state index contributed by atoms with van der Waals surface area (Å²) in [6.45, 7) is 7.57. The summed E-state index contributed by atoms with van der Waals surface area (Å²) in [5.41, 5.74) is 1.03. The lowest BCUT2D eigenvalue weighted by Crippen LogP contribution is -2.47. The molecule has 28 heavy (non-hydrogen) atoms. The quantitative estimate of drug-likeness (QED) is 0.732. The van der Waals surface area contributed by atoms with E-state index in [2.05, 4.69) is 5.32 Å². The van der Waals surface area contributed by atoms with E-state index in [-0.39, 0.29) is 5.91 Å². The second-order valence-corrected chi connectivity index (χ2v) is 7.03. The smallest absolute Gasteiger partial charge is 0.242 e. The van der Waals surface area contributed by atoms with Gasteiger partial charge in [0, 0.05) is 18.3 Å². The van der Waals surface area contributed by atoms with Gasteiger partial charge in [-0.05, 0) is 57.5 Å². The minimum Gasteiger partial charge on any atom is -0.497 e. The number of methoxy groups -OCH3 is 2. The van der Waals surface area contributed by atoms with Crippen LogP contribution < -0.4 is 19.7 Å². The van der Waals surface area contributed by atoms with Crippen LogP contribution in [-0.4, -0.2) is 32.6 Å². The first-order valence-electron chi connectivity index (χ1n) is 9.16. The van der Waals surface area contributed by atoms with Gasteiger partial charge in [0.05, 0.1) is 19.9 Å². The molecule has 0 radical (unpaired) electrons. The highest BCUT2D eigenvalue weighted by Crippen LogP contribution is 2.32. The summed E-state index contributed by atoms with van der Waals surface area (Å²) in [6.07, 6.45) is 0. The number of benzene rings is 2. The molecule has 0 aliphatic heterocycles. The fourth-order valence-corrected chi connectivity index (χ4v) is 2.85. The summed E-state index contributed by atoms with van der Waals surface area (Å²) < 4.78 is 10.5. The van der Waals surface area contributed by atoms with Crippen LogP contribution in [-0.2, 0) is 9.59 Å². The van der Waals surface area contributed by atoms with Crippen molar-refractivity contribution in [2.24, 2.45) is 5.41 Å². The first kappa shape index (κ1) is 21.3. The van der Waals surface area contributed by atoms with Crippen LogP contribution in [0, 0.1) is 12.3 Å². The molecule has 1 N–H and O–H groups in total. The Balaban J connectivity index is 2.27. The molecule has 2 amide bonds. The summed E-state index contributed by atoms with van der Waals surface area (Å²) in [5.74, 6) is 0.390. The number of ether oxygens (including phenoxy) is 2. The van der Waals surface area contributed by atoms with Crippen molar-refractivity contribution >= 4 is 23.2 Å². The van der Waals surface area contributed by atoms with Crippen molar-refractivity contribution in [3.05, 3.63) is 48.0 Å². The lowest BCUT2D eigenvalue weighted by Gasteiger charge is -2.30. The number of nitrogens with one attached hydrogen (secondary N) is 1. The molecule has 0 bridgehead atoms. The molecular weight excluding hydrogens is 356 g/mol. The molecule has 2 aromatic carbocycles. The molecule has 0 aromatic heterocycles. The fraction of sp³-hybridized carbons (Fsp3) is 0.364. The molecule has 0 saturated carbocycles. The first-order chi connectivity index (χ1) is 13.2. The van der Waals surface area contributed by atoms with Gasteiger partial charge in [-0.15, -0.1) is 0 Å². The van der Waals surface area contributed by atoms with E-state index in [1.165, 1.54) is 7.11 Å². The van der Waals surface area contributed by atoms with E-state index in [0.29, 0.717) is 23.7 Å². The molecule has 6 nitrogen and oxygen atoms in total. The van der Waals surface area contributed by atoms with Gasteiger partial charge in [-0.1, -0.05) is 12.1 Å². The van der Waals surface area contributed by atoms with Gasteiger partial charge in [-0.2, -0.15) is 0 Å². The molecule has 0 unspecified atom stereocenters. The van der Waals surface area contributed by atoms with Crippen LogP contribution in [0.15, 0.2) is 42.5 Å². The number of aryl methyl sites for hydroxylation is 1. The third-order valence-electron chi connectivity index (χ3n) is 4.63. The third-order valence-corrected chi connectivity index (χ3v) is 4.63. The van der Waals surface area contributed by atoms with Crippen LogP contribution >= 0.6 is 0 Å². The number of carbonyl (C=O) groups is 2. The highest BCUT2D eigenvalue weighted by molar-refractivity contribution is 6.15. The highest BCUT2D eigenvalue weighted by atomic mass is 16.5. The van der Waals surface area contributed by atoms with Crippen LogP contribution in [0.25, 0.3) is 0 Å². The zero-order chi connectivity index (χ0) is 20.9. The largest absolute Gasteiger partial charge is 0.497 e. The standard InChI is InChI=1S/C22H28N2O4/c1-7-24(16-10-8-9-15(2)13-16)21(26)22(3,4)20(25)23-18-12-11-17(27-5)14-19(18)28-6/h8-14H,7H2,1-6H3,(H,23,25). The van der Waals surface area contributed by atoms with E-state index in [4.69, 9.17) is 9.47 Å². The van der Waals surface area contributed by atoms with Crippen LogP contribution in [0.2, 0.25) is 0 Å². The summed E-state index contributed by atoms with van der Waals surface area (Å²) in [7, 11) is 3.07. The maximum Gasteiger partial charge on any atom is 0.242 e. The van der Waals surface area contributed by atoms with Crippen molar-refractivity contribution < 1.29 is 19.1 Å². The van der Waals surface area contributed by atoms with E-state index in [9.17, 15) is 9.59 Å². The topological polar surface area (TPSA) is 67.9 Å². The Morgan fingerprint density at radius 2 is 1.79 bits per heavy atom. The van der Waals surface area contributed by atoms with E-state index < -0.39 is 11.3 Å². The Hall–Kier alpha value is -3.02. The summed E-state index contributed by atoms with van der Waals surface area (Å²) in [4.78, 5) is 27.8. The Kier molecular flexibility index (Phi) is 6.67. The number of carbonyl (C=O) groups excluding carboxylic acids is 2. The van der Waals surface area contributed by atoms with Gasteiger partial charge in [0.15, 0.2) is 0 Å². The summed E-state index contributed by atoms with van der Waals surface area (Å²) >= 11 is 0. The number of anilines is 2. The van der Waals surface area contributed by atoms with E-state index in [0.717, 1.165) is 11.3 Å². The second-order valence-electron chi connectivity index (χ2n) is 7.03. The lowest BCUT2D eigenvalue weighted by molar-refractivity contribution is -0.136. The molecule has 6 heteroatoms. The van der Waals surface area contributed by atoms with Crippen molar-refractivity contribution in [3.63, 3.8) is 0 Å². The number of amides is 2. The molecule has 2 aromatic rings. The minimum atomic E-state index is -1.27. The van der Waals surface area contributed by atoms with Gasteiger partial charge in [0.2, 0.25) is 11.8 Å². The SMILES string of the molecule is CCN(C(=O)C(C)(C)C(=O)Nc1ccc(OC)cc1OC)c1cccc(C)c1. The first-order valence-corrected chi connectivity index (χ1v) is 9.16. The van der Waals surface area contributed by atoms with E-state index in [1.54, 1.807) is 44.1 Å². The zero-order valence-electron chi connectivity index (χ0n) is 17.3. The van der Waals surface area contributed by atoms with Crippen LogP contribution in [0.4, 0.5) is 11.4 Å². The molecule has 150 valence electrons. The molecule has 0 spiro atoms. The Morgan fingerprint density at radius 1 is 1.07 bits per heavy atom. The van der Waals surface area contributed by atoms with E-state index in [1.807, 2.05) is 38.1 Å². The zero-order valence-corrected chi connectivity index (χ0v) is 17.3. The molecule has 0 heterocycles. The van der Waals surface area contributed by atoms with Gasteiger partial charge in [0.1, 0.15) is 16.9 Å². The maximum atomic E-state index is 13.2. The number of hydrogen-bond donors (Lipinski definition) is 1. The van der Waals surface area contributed by atoms with Crippen molar-refractivity contribution in [1.82, 2.24) is 0 Å². The number of hydrogen-bond acceptors (Lipinski definition) is 4. The van der Waals surface area contributed by atoms with Crippen LogP contribution in [0.5, 0.6) is 11.5 Å². The maximum absolute atomic E-state index is 13.2. The average Bonchev–Trinajstić information content (AvgIpc) is 2.68. The Morgan fingerprint density at radius 3 is 2.36 bits per heavy atom. The Bertz CT molecular complexity index is 861. The predicted octanol–water partition coefficient (Wildman–Crippen LogP) is 4.03. The molecule has 0 aliphatic rings. The molecule has 0 aliphatic carbocycles. The normalized spacial score (nSPS) is 10.9. The summed E-state index contributed by atoms with van der Waals surface area (Å²) in [6, 6.07) is 12.8. The van der Waals surface area contributed by atoms with Gasteiger partial charge in [-0.25, -0.2) is 0 Å². The monoisotopic (exact) mass is 384 g/mol. The van der Waals surface area contributed by atoms with Crippen LogP contribution in [0.3, 0.4) is 0 Å². The number of nitrogens with zero attached hydrogens (tertiary/aromatic N) is 1. The van der Waals surface area contributed by atoms with Crippen LogP contribution in [0.1, 0.15) is 26.3 Å². The predicted molar refractivity (Wildman–Crippen MR) is 111 cm³/mol. The van der Waals surface area contributed by atoms with Crippen molar-refractivity contribution in [2.45, 2.75) is 27.7 Å². The molecular formula is C22H28N2O4. The fourth-order valence-electron chi connectivity index (χ4n) is 2.85. The van der Waals surface area contributed by atoms with Crippen molar-refractivity contribution in [1.29, 1.82) is 0 Å². The van der Waals surface area contributed by atoms with Crippen molar-refractivity contribution in [3.8, 4) is 11.5 Å². The molecule has 0 fully saturated rings. The third kappa shape index (κ3) is 4.44. The minimum absolute atomic E-state index is 0.273. The van der Waals surface area contributed by atoms with Gasteiger partial charge < -0.3 is 19.7 Å². The summed E-state index contributed by atoms with van der Waals surface area (Å²) in [5, 5.41) is 2.81. The molecule has 0 saturated heterocycles. The number of rotatable bonds is 7.